The van der Waals surface area contributed by atoms with E-state index in [9.17, 15) is 4.79 Å². The van der Waals surface area contributed by atoms with Crippen LogP contribution in [0.1, 0.15) is 18.2 Å². The average molecular weight is 237 g/mol. The van der Waals surface area contributed by atoms with Crippen LogP contribution in [0.5, 0.6) is 0 Å². The van der Waals surface area contributed by atoms with Crippen LogP contribution in [0.25, 0.3) is 0 Å². The number of hydrogen-bond acceptors (Lipinski definition) is 4. The van der Waals surface area contributed by atoms with Gasteiger partial charge in [-0.1, -0.05) is 6.58 Å². The summed E-state index contributed by atoms with van der Waals surface area (Å²) in [5.74, 6) is 0.571. The van der Waals surface area contributed by atoms with E-state index in [-0.39, 0.29) is 5.97 Å². The summed E-state index contributed by atoms with van der Waals surface area (Å²) in [7, 11) is 1.93. The highest BCUT2D eigenvalue weighted by Crippen LogP contribution is 2.11. The van der Waals surface area contributed by atoms with Crippen molar-refractivity contribution in [2.45, 2.75) is 20.4 Å². The SMILES string of the molecule is C=C(CN(C)Cc1ccoc1C)C(=O)OCC. The van der Waals surface area contributed by atoms with Gasteiger partial charge in [0.1, 0.15) is 5.76 Å². The number of rotatable bonds is 6. The van der Waals surface area contributed by atoms with Crippen molar-refractivity contribution in [1.82, 2.24) is 4.90 Å². The maximum atomic E-state index is 11.4. The van der Waals surface area contributed by atoms with Gasteiger partial charge in [-0.3, -0.25) is 4.90 Å². The molecular formula is C13H19NO3. The summed E-state index contributed by atoms with van der Waals surface area (Å²) in [5, 5.41) is 0. The van der Waals surface area contributed by atoms with Crippen molar-refractivity contribution < 1.29 is 13.9 Å². The second-order valence-corrected chi connectivity index (χ2v) is 4.00. The summed E-state index contributed by atoms with van der Waals surface area (Å²) in [6.45, 7) is 9.02. The van der Waals surface area contributed by atoms with E-state index in [1.54, 1.807) is 13.2 Å². The Balaban J connectivity index is 2.44. The van der Waals surface area contributed by atoms with Gasteiger partial charge < -0.3 is 9.15 Å². The van der Waals surface area contributed by atoms with Crippen molar-refractivity contribution in [2.75, 3.05) is 20.2 Å². The van der Waals surface area contributed by atoms with E-state index in [4.69, 9.17) is 9.15 Å². The van der Waals surface area contributed by atoms with Crippen LogP contribution in [0, 0.1) is 6.92 Å². The molecule has 17 heavy (non-hydrogen) atoms. The number of carbonyl (C=O) groups excluding carboxylic acids is 1. The molecule has 0 fully saturated rings. The van der Waals surface area contributed by atoms with E-state index in [1.807, 2.05) is 24.9 Å². The summed E-state index contributed by atoms with van der Waals surface area (Å²) < 4.78 is 10.1. The molecule has 0 aliphatic heterocycles. The summed E-state index contributed by atoms with van der Waals surface area (Å²) in [5.41, 5.74) is 1.58. The molecule has 4 heteroatoms. The fourth-order valence-corrected chi connectivity index (χ4v) is 1.55. The minimum atomic E-state index is -0.330. The average Bonchev–Trinajstić information content (AvgIpc) is 2.64. The second-order valence-electron chi connectivity index (χ2n) is 4.00. The molecule has 1 rings (SSSR count). The lowest BCUT2D eigenvalue weighted by Gasteiger charge is -2.16. The Morgan fingerprint density at radius 1 is 1.59 bits per heavy atom. The molecule has 0 N–H and O–H groups in total. The van der Waals surface area contributed by atoms with E-state index >= 15 is 0 Å². The predicted octanol–water partition coefficient (Wildman–Crippen LogP) is 2.14. The molecule has 0 aliphatic rings. The van der Waals surface area contributed by atoms with Gasteiger partial charge in [-0.05, 0) is 27.0 Å². The fraction of sp³-hybridized carbons (Fsp3) is 0.462. The van der Waals surface area contributed by atoms with Crippen molar-refractivity contribution in [3.05, 3.63) is 35.8 Å². The summed E-state index contributed by atoms with van der Waals surface area (Å²) in [6, 6.07) is 1.93. The van der Waals surface area contributed by atoms with Crippen molar-refractivity contribution in [3.63, 3.8) is 0 Å². The van der Waals surface area contributed by atoms with Gasteiger partial charge in [-0.25, -0.2) is 4.79 Å². The molecule has 0 bridgehead atoms. The lowest BCUT2D eigenvalue weighted by molar-refractivity contribution is -0.138. The largest absolute Gasteiger partial charge is 0.469 e. The number of hydrogen-bond donors (Lipinski definition) is 0. The van der Waals surface area contributed by atoms with Crippen LogP contribution >= 0.6 is 0 Å². The quantitative estimate of drug-likeness (QED) is 0.561. The van der Waals surface area contributed by atoms with Crippen molar-refractivity contribution in [2.24, 2.45) is 0 Å². The van der Waals surface area contributed by atoms with Gasteiger partial charge in [0.2, 0.25) is 0 Å². The molecule has 0 spiro atoms. The topological polar surface area (TPSA) is 42.7 Å². The summed E-state index contributed by atoms with van der Waals surface area (Å²) in [4.78, 5) is 13.4. The van der Waals surface area contributed by atoms with Crippen LogP contribution in [-0.2, 0) is 16.1 Å². The first-order valence-electron chi connectivity index (χ1n) is 5.61. The van der Waals surface area contributed by atoms with Crippen molar-refractivity contribution >= 4 is 5.97 Å². The predicted molar refractivity (Wildman–Crippen MR) is 65.6 cm³/mol. The molecule has 0 aliphatic carbocycles. The number of ether oxygens (including phenoxy) is 1. The van der Waals surface area contributed by atoms with Gasteiger partial charge in [0, 0.05) is 24.2 Å². The molecule has 94 valence electrons. The highest BCUT2D eigenvalue weighted by atomic mass is 16.5. The first-order valence-corrected chi connectivity index (χ1v) is 5.61. The van der Waals surface area contributed by atoms with Gasteiger partial charge in [-0.15, -0.1) is 0 Å². The second kappa shape index (κ2) is 6.25. The Morgan fingerprint density at radius 3 is 2.82 bits per heavy atom. The Morgan fingerprint density at radius 2 is 2.29 bits per heavy atom. The minimum Gasteiger partial charge on any atom is -0.469 e. The zero-order chi connectivity index (χ0) is 12.8. The highest BCUT2D eigenvalue weighted by molar-refractivity contribution is 5.88. The number of aryl methyl sites for hydroxylation is 1. The number of esters is 1. The molecule has 1 aromatic rings. The van der Waals surface area contributed by atoms with Crippen LogP contribution in [0.4, 0.5) is 0 Å². The van der Waals surface area contributed by atoms with Gasteiger partial charge in [0.05, 0.1) is 12.9 Å². The third-order valence-electron chi connectivity index (χ3n) is 2.43. The van der Waals surface area contributed by atoms with Gasteiger partial charge in [-0.2, -0.15) is 0 Å². The molecular weight excluding hydrogens is 218 g/mol. The summed E-state index contributed by atoms with van der Waals surface area (Å²) >= 11 is 0. The summed E-state index contributed by atoms with van der Waals surface area (Å²) in [6.07, 6.45) is 1.67. The van der Waals surface area contributed by atoms with E-state index in [0.29, 0.717) is 18.7 Å². The molecule has 0 saturated carbocycles. The van der Waals surface area contributed by atoms with E-state index in [1.165, 1.54) is 0 Å². The van der Waals surface area contributed by atoms with E-state index in [2.05, 4.69) is 6.58 Å². The lowest BCUT2D eigenvalue weighted by atomic mass is 10.2. The maximum absolute atomic E-state index is 11.4. The molecule has 0 radical (unpaired) electrons. The van der Waals surface area contributed by atoms with Gasteiger partial charge in [0.25, 0.3) is 0 Å². The number of nitrogens with zero attached hydrogens (tertiary/aromatic N) is 1. The molecule has 0 saturated heterocycles. The van der Waals surface area contributed by atoms with Crippen LogP contribution in [0.3, 0.4) is 0 Å². The zero-order valence-electron chi connectivity index (χ0n) is 10.7. The molecule has 1 heterocycles. The minimum absolute atomic E-state index is 0.330. The van der Waals surface area contributed by atoms with Crippen LogP contribution in [0.15, 0.2) is 28.9 Å². The van der Waals surface area contributed by atoms with Gasteiger partial charge >= 0.3 is 5.97 Å². The van der Waals surface area contributed by atoms with Crippen LogP contribution in [-0.4, -0.2) is 31.1 Å². The molecule has 0 aromatic carbocycles. The molecule has 1 aromatic heterocycles. The van der Waals surface area contributed by atoms with E-state index in [0.717, 1.165) is 17.9 Å². The molecule has 0 amide bonds. The number of furan rings is 1. The lowest BCUT2D eigenvalue weighted by Crippen LogP contribution is -2.24. The normalized spacial score (nSPS) is 10.6. The number of likely N-dealkylation sites (N-methyl/N-ethyl adjacent to an activating group) is 1. The van der Waals surface area contributed by atoms with Crippen LogP contribution < -0.4 is 0 Å². The molecule has 0 atom stereocenters. The van der Waals surface area contributed by atoms with E-state index < -0.39 is 0 Å². The Hall–Kier alpha value is -1.55. The Labute approximate surface area is 102 Å². The Bertz CT molecular complexity index is 395. The van der Waals surface area contributed by atoms with Crippen molar-refractivity contribution in [1.29, 1.82) is 0 Å². The monoisotopic (exact) mass is 237 g/mol. The zero-order valence-corrected chi connectivity index (χ0v) is 10.7. The smallest absolute Gasteiger partial charge is 0.334 e. The number of carbonyl (C=O) groups is 1. The fourth-order valence-electron chi connectivity index (χ4n) is 1.55. The maximum Gasteiger partial charge on any atom is 0.334 e. The first kappa shape index (κ1) is 13.5. The first-order chi connectivity index (χ1) is 8.04. The third kappa shape index (κ3) is 4.07. The van der Waals surface area contributed by atoms with Gasteiger partial charge in [0.15, 0.2) is 0 Å². The highest BCUT2D eigenvalue weighted by Gasteiger charge is 2.12. The molecule has 0 unspecified atom stereocenters. The van der Waals surface area contributed by atoms with Crippen LogP contribution in [0.2, 0.25) is 0 Å². The standard InChI is InChI=1S/C13H19NO3/c1-5-16-13(15)10(2)8-14(4)9-12-6-7-17-11(12)3/h6-7H,2,5,8-9H2,1,3-4H3. The molecule has 4 nitrogen and oxygen atoms in total. The van der Waals surface area contributed by atoms with Crippen molar-refractivity contribution in [3.8, 4) is 0 Å². The third-order valence-corrected chi connectivity index (χ3v) is 2.43. The Kier molecular flexibility index (Phi) is 4.97.